The van der Waals surface area contributed by atoms with Gasteiger partial charge in [0.25, 0.3) is 5.91 Å². The zero-order valence-electron chi connectivity index (χ0n) is 11.0. The molecule has 1 aliphatic rings. The Balaban J connectivity index is 1.99. The fraction of sp³-hybridized carbons (Fsp3) is 0.615. The van der Waals surface area contributed by atoms with Gasteiger partial charge in [-0.1, -0.05) is 6.92 Å². The quantitative estimate of drug-likeness (QED) is 0.904. The molecule has 0 spiro atoms. The fourth-order valence-electron chi connectivity index (χ4n) is 2.38. The number of halogens is 1. The molecule has 2 atom stereocenters. The molecular formula is C13H19BrN2OS. The molecule has 1 aliphatic heterocycles. The lowest BCUT2D eigenvalue weighted by molar-refractivity contribution is 0.0888. The smallest absolute Gasteiger partial charge is 0.261 e. The number of hydrogen-bond acceptors (Lipinski definition) is 3. The number of likely N-dealkylation sites (tertiary alicyclic amines) is 1. The summed E-state index contributed by atoms with van der Waals surface area (Å²) in [4.78, 5) is 15.3. The number of amides is 1. The normalized spacial score (nSPS) is 25.1. The monoisotopic (exact) mass is 330 g/mol. The molecule has 18 heavy (non-hydrogen) atoms. The van der Waals surface area contributed by atoms with Crippen LogP contribution in [0.3, 0.4) is 0 Å². The third kappa shape index (κ3) is 3.13. The van der Waals surface area contributed by atoms with Crippen molar-refractivity contribution >= 4 is 33.2 Å². The average Bonchev–Trinajstić information content (AvgIpc) is 2.63. The molecule has 0 aromatic carbocycles. The maximum absolute atomic E-state index is 12.2. The van der Waals surface area contributed by atoms with Crippen LogP contribution in [0.5, 0.6) is 0 Å². The second kappa shape index (κ2) is 5.72. The highest BCUT2D eigenvalue weighted by Gasteiger charge is 2.26. The molecular weight excluding hydrogens is 312 g/mol. The second-order valence-electron chi connectivity index (χ2n) is 5.18. The van der Waals surface area contributed by atoms with E-state index in [0.29, 0.717) is 12.0 Å². The van der Waals surface area contributed by atoms with Crippen molar-refractivity contribution in [2.75, 3.05) is 20.1 Å². The van der Waals surface area contributed by atoms with Crippen molar-refractivity contribution in [3.8, 4) is 0 Å². The fourth-order valence-corrected chi connectivity index (χ4v) is 3.82. The van der Waals surface area contributed by atoms with Gasteiger partial charge in [0.05, 0.1) is 8.66 Å². The van der Waals surface area contributed by atoms with Crippen LogP contribution in [-0.4, -0.2) is 37.0 Å². The molecule has 2 unspecified atom stereocenters. The number of rotatable bonds is 2. The summed E-state index contributed by atoms with van der Waals surface area (Å²) in [5.74, 6) is 0.576. The van der Waals surface area contributed by atoms with E-state index in [1.54, 1.807) is 0 Å². The summed E-state index contributed by atoms with van der Waals surface area (Å²) in [7, 11) is 2.13. The Bertz CT molecular complexity index is 427. The van der Waals surface area contributed by atoms with Gasteiger partial charge in [0, 0.05) is 12.6 Å². The average molecular weight is 331 g/mol. The molecule has 1 N–H and O–H groups in total. The predicted octanol–water partition coefficient (Wildman–Crippen LogP) is 2.89. The van der Waals surface area contributed by atoms with Crippen molar-refractivity contribution in [2.24, 2.45) is 5.92 Å². The van der Waals surface area contributed by atoms with Crippen LogP contribution in [0.2, 0.25) is 0 Å². The van der Waals surface area contributed by atoms with Crippen molar-refractivity contribution in [2.45, 2.75) is 26.3 Å². The summed E-state index contributed by atoms with van der Waals surface area (Å²) in [5, 5.41) is 3.17. The number of nitrogens with one attached hydrogen (secondary N) is 1. The van der Waals surface area contributed by atoms with Crippen LogP contribution in [0.4, 0.5) is 0 Å². The van der Waals surface area contributed by atoms with Gasteiger partial charge in [-0.2, -0.15) is 0 Å². The minimum absolute atomic E-state index is 0.0650. The Labute approximate surface area is 121 Å². The van der Waals surface area contributed by atoms with E-state index in [0.717, 1.165) is 33.7 Å². The molecule has 3 nitrogen and oxygen atoms in total. The third-order valence-electron chi connectivity index (χ3n) is 3.51. The van der Waals surface area contributed by atoms with E-state index in [1.807, 2.05) is 13.0 Å². The van der Waals surface area contributed by atoms with Gasteiger partial charge < -0.3 is 10.2 Å². The van der Waals surface area contributed by atoms with Crippen LogP contribution in [0, 0.1) is 12.8 Å². The van der Waals surface area contributed by atoms with Crippen molar-refractivity contribution < 1.29 is 4.79 Å². The van der Waals surface area contributed by atoms with Crippen molar-refractivity contribution in [3.63, 3.8) is 0 Å². The number of carbonyl (C=O) groups is 1. The van der Waals surface area contributed by atoms with E-state index in [2.05, 4.69) is 40.1 Å². The molecule has 100 valence electrons. The number of piperidine rings is 1. The predicted molar refractivity (Wildman–Crippen MR) is 79.3 cm³/mol. The SMILES string of the molecule is Cc1cc(C(=O)NC2CCN(C)CC2C)sc1Br. The van der Waals surface area contributed by atoms with Crippen LogP contribution >= 0.6 is 27.3 Å². The molecule has 1 aromatic rings. The van der Waals surface area contributed by atoms with E-state index in [1.165, 1.54) is 11.3 Å². The molecule has 1 fully saturated rings. The van der Waals surface area contributed by atoms with Crippen molar-refractivity contribution in [3.05, 3.63) is 20.3 Å². The molecule has 1 saturated heterocycles. The highest BCUT2D eigenvalue weighted by molar-refractivity contribution is 9.11. The molecule has 1 aromatic heterocycles. The second-order valence-corrected chi connectivity index (χ2v) is 7.55. The van der Waals surface area contributed by atoms with Gasteiger partial charge in [-0.3, -0.25) is 4.79 Å². The first-order valence-electron chi connectivity index (χ1n) is 6.22. The number of carbonyl (C=O) groups excluding carboxylic acids is 1. The summed E-state index contributed by atoms with van der Waals surface area (Å²) >= 11 is 4.97. The first-order chi connectivity index (χ1) is 8.47. The Morgan fingerprint density at radius 1 is 1.61 bits per heavy atom. The van der Waals surface area contributed by atoms with Gasteiger partial charge >= 0.3 is 0 Å². The minimum atomic E-state index is 0.0650. The standard InChI is InChI=1S/C13H19BrN2OS/c1-8-6-11(18-12(8)14)13(17)15-10-4-5-16(3)7-9(10)2/h6,9-10H,4-5,7H2,1-3H3,(H,15,17). The lowest BCUT2D eigenvalue weighted by atomic mass is 9.94. The topological polar surface area (TPSA) is 32.3 Å². The highest BCUT2D eigenvalue weighted by atomic mass is 79.9. The molecule has 5 heteroatoms. The van der Waals surface area contributed by atoms with Crippen LogP contribution in [0.1, 0.15) is 28.6 Å². The Morgan fingerprint density at radius 3 is 2.89 bits per heavy atom. The van der Waals surface area contributed by atoms with Crippen LogP contribution in [0.15, 0.2) is 9.85 Å². The summed E-state index contributed by atoms with van der Waals surface area (Å²) < 4.78 is 1.05. The Hall–Kier alpha value is -0.390. The summed E-state index contributed by atoms with van der Waals surface area (Å²) in [5.41, 5.74) is 1.13. The molecule has 2 heterocycles. The van der Waals surface area contributed by atoms with Crippen LogP contribution in [-0.2, 0) is 0 Å². The molecule has 1 amide bonds. The molecule has 0 saturated carbocycles. The molecule has 0 aliphatic carbocycles. The zero-order valence-corrected chi connectivity index (χ0v) is 13.4. The van der Waals surface area contributed by atoms with Gasteiger partial charge in [-0.25, -0.2) is 0 Å². The minimum Gasteiger partial charge on any atom is -0.348 e. The largest absolute Gasteiger partial charge is 0.348 e. The summed E-state index contributed by atoms with van der Waals surface area (Å²) in [6, 6.07) is 2.25. The molecule has 0 bridgehead atoms. The zero-order chi connectivity index (χ0) is 13.3. The molecule has 2 rings (SSSR count). The maximum atomic E-state index is 12.2. The third-order valence-corrected chi connectivity index (χ3v) is 5.64. The maximum Gasteiger partial charge on any atom is 0.261 e. The first-order valence-corrected chi connectivity index (χ1v) is 7.83. The van der Waals surface area contributed by atoms with Gasteiger partial charge in [-0.05, 0) is 60.4 Å². The van der Waals surface area contributed by atoms with E-state index in [-0.39, 0.29) is 5.91 Å². The van der Waals surface area contributed by atoms with Crippen LogP contribution in [0.25, 0.3) is 0 Å². The van der Waals surface area contributed by atoms with E-state index < -0.39 is 0 Å². The number of nitrogens with zero attached hydrogens (tertiary/aromatic N) is 1. The Morgan fingerprint density at radius 2 is 2.33 bits per heavy atom. The van der Waals surface area contributed by atoms with E-state index in [9.17, 15) is 4.79 Å². The lowest BCUT2D eigenvalue weighted by Gasteiger charge is -2.35. The number of aryl methyl sites for hydroxylation is 1. The van der Waals surface area contributed by atoms with Crippen molar-refractivity contribution in [1.29, 1.82) is 0 Å². The highest BCUT2D eigenvalue weighted by Crippen LogP contribution is 2.27. The van der Waals surface area contributed by atoms with Gasteiger partial charge in [0.15, 0.2) is 0 Å². The van der Waals surface area contributed by atoms with Gasteiger partial charge in [-0.15, -0.1) is 11.3 Å². The van der Waals surface area contributed by atoms with Gasteiger partial charge in [0.2, 0.25) is 0 Å². The van der Waals surface area contributed by atoms with Gasteiger partial charge in [0.1, 0.15) is 0 Å². The van der Waals surface area contributed by atoms with E-state index >= 15 is 0 Å². The lowest BCUT2D eigenvalue weighted by Crippen LogP contribution is -2.48. The summed E-state index contributed by atoms with van der Waals surface area (Å²) in [6.07, 6.45) is 1.04. The first kappa shape index (κ1) is 14.0. The van der Waals surface area contributed by atoms with E-state index in [4.69, 9.17) is 0 Å². The number of hydrogen-bond donors (Lipinski definition) is 1. The van der Waals surface area contributed by atoms with Crippen molar-refractivity contribution in [1.82, 2.24) is 10.2 Å². The van der Waals surface area contributed by atoms with Crippen LogP contribution < -0.4 is 5.32 Å². The Kier molecular flexibility index (Phi) is 4.45. The summed E-state index contributed by atoms with van der Waals surface area (Å²) in [6.45, 7) is 6.33. The molecule has 0 radical (unpaired) electrons. The number of thiophene rings is 1.